The monoisotopic (exact) mass is 295 g/mol. The number of nitrogens with zero attached hydrogens (tertiary/aromatic N) is 5. The Bertz CT molecular complexity index is 752. The molecule has 7 nitrogen and oxygen atoms in total. The van der Waals surface area contributed by atoms with E-state index in [2.05, 4.69) is 30.7 Å². The second kappa shape index (κ2) is 6.21. The van der Waals surface area contributed by atoms with Crippen LogP contribution in [-0.4, -0.2) is 24.7 Å². The van der Waals surface area contributed by atoms with Crippen molar-refractivity contribution >= 4 is 17.6 Å². The quantitative estimate of drug-likeness (QED) is 0.751. The van der Waals surface area contributed by atoms with Gasteiger partial charge in [-0.1, -0.05) is 6.07 Å². The van der Waals surface area contributed by atoms with Crippen molar-refractivity contribution in [3.63, 3.8) is 0 Å². The van der Waals surface area contributed by atoms with Crippen LogP contribution in [0.15, 0.2) is 43.0 Å². The molecule has 0 saturated carbocycles. The van der Waals surface area contributed by atoms with Gasteiger partial charge >= 0.3 is 0 Å². The Labute approximate surface area is 128 Å². The van der Waals surface area contributed by atoms with Crippen molar-refractivity contribution in [3.8, 4) is 0 Å². The van der Waals surface area contributed by atoms with Crippen LogP contribution >= 0.6 is 0 Å². The molecule has 0 bridgehead atoms. The van der Waals surface area contributed by atoms with Gasteiger partial charge in [0, 0.05) is 43.8 Å². The van der Waals surface area contributed by atoms with Crippen LogP contribution in [-0.2, 0) is 13.6 Å². The van der Waals surface area contributed by atoms with E-state index in [0.717, 1.165) is 22.8 Å². The van der Waals surface area contributed by atoms with Crippen LogP contribution in [0.5, 0.6) is 0 Å². The molecular weight excluding hydrogens is 278 g/mol. The van der Waals surface area contributed by atoms with Crippen molar-refractivity contribution in [1.82, 2.24) is 24.7 Å². The molecule has 0 amide bonds. The summed E-state index contributed by atoms with van der Waals surface area (Å²) in [6.07, 6.45) is 7.10. The molecule has 7 heteroatoms. The molecule has 0 aromatic carbocycles. The highest BCUT2D eigenvalue weighted by Crippen LogP contribution is 2.16. The van der Waals surface area contributed by atoms with Gasteiger partial charge in [-0.3, -0.25) is 9.67 Å². The summed E-state index contributed by atoms with van der Waals surface area (Å²) >= 11 is 0. The highest BCUT2D eigenvalue weighted by molar-refractivity contribution is 5.52. The van der Waals surface area contributed by atoms with Crippen LogP contribution in [0.1, 0.15) is 11.1 Å². The van der Waals surface area contributed by atoms with E-state index in [9.17, 15) is 0 Å². The van der Waals surface area contributed by atoms with Crippen LogP contribution in [0.4, 0.5) is 17.6 Å². The first kappa shape index (κ1) is 14.0. The second-order valence-corrected chi connectivity index (χ2v) is 4.91. The summed E-state index contributed by atoms with van der Waals surface area (Å²) < 4.78 is 1.73. The van der Waals surface area contributed by atoms with E-state index in [-0.39, 0.29) is 0 Å². The summed E-state index contributed by atoms with van der Waals surface area (Å²) in [6.45, 7) is 2.64. The minimum atomic E-state index is 0.530. The molecule has 3 heterocycles. The van der Waals surface area contributed by atoms with Gasteiger partial charge in [-0.2, -0.15) is 10.1 Å². The van der Waals surface area contributed by atoms with Crippen molar-refractivity contribution in [2.45, 2.75) is 13.5 Å². The first-order valence-corrected chi connectivity index (χ1v) is 6.94. The minimum Gasteiger partial charge on any atom is -0.366 e. The maximum atomic E-state index is 4.51. The van der Waals surface area contributed by atoms with Crippen molar-refractivity contribution in [2.24, 2.45) is 7.05 Å². The number of pyridine rings is 1. The molecule has 0 fully saturated rings. The van der Waals surface area contributed by atoms with Crippen molar-refractivity contribution in [1.29, 1.82) is 0 Å². The zero-order chi connectivity index (χ0) is 15.4. The Morgan fingerprint density at radius 2 is 2.09 bits per heavy atom. The summed E-state index contributed by atoms with van der Waals surface area (Å²) in [4.78, 5) is 12.9. The maximum absolute atomic E-state index is 4.51. The molecule has 2 N–H and O–H groups in total. The molecule has 3 aromatic rings. The molecule has 3 aromatic heterocycles. The van der Waals surface area contributed by atoms with Crippen LogP contribution in [0, 0.1) is 6.92 Å². The summed E-state index contributed by atoms with van der Waals surface area (Å²) in [6, 6.07) is 5.80. The molecule has 0 spiro atoms. The van der Waals surface area contributed by atoms with Gasteiger partial charge in [-0.05, 0) is 18.6 Å². The van der Waals surface area contributed by atoms with E-state index in [1.165, 1.54) is 0 Å². The molecule has 0 radical (unpaired) electrons. The van der Waals surface area contributed by atoms with Crippen LogP contribution in [0.2, 0.25) is 0 Å². The van der Waals surface area contributed by atoms with E-state index >= 15 is 0 Å². The van der Waals surface area contributed by atoms with E-state index in [4.69, 9.17) is 0 Å². The average molecular weight is 295 g/mol. The highest BCUT2D eigenvalue weighted by Gasteiger charge is 2.06. The van der Waals surface area contributed by atoms with Crippen LogP contribution in [0.3, 0.4) is 0 Å². The third kappa shape index (κ3) is 3.20. The van der Waals surface area contributed by atoms with E-state index in [0.29, 0.717) is 12.5 Å². The molecule has 22 heavy (non-hydrogen) atoms. The fourth-order valence-electron chi connectivity index (χ4n) is 1.98. The highest BCUT2D eigenvalue weighted by atomic mass is 15.3. The van der Waals surface area contributed by atoms with Crippen LogP contribution < -0.4 is 10.6 Å². The van der Waals surface area contributed by atoms with Crippen molar-refractivity contribution < 1.29 is 0 Å². The standard InChI is InChI=1S/C15H17N7/c1-11-8-18-15(20-13-5-7-19-22(13)2)21-14(11)17-10-12-4-3-6-16-9-12/h3-9H,10H2,1-2H3,(H2,17,18,20,21). The minimum absolute atomic E-state index is 0.530. The Balaban J connectivity index is 1.74. The number of aromatic nitrogens is 5. The smallest absolute Gasteiger partial charge is 0.230 e. The first-order chi connectivity index (χ1) is 10.7. The molecular formula is C15H17N7. The zero-order valence-electron chi connectivity index (χ0n) is 12.5. The molecule has 112 valence electrons. The lowest BCUT2D eigenvalue weighted by Crippen LogP contribution is -2.07. The Hall–Kier alpha value is -2.96. The van der Waals surface area contributed by atoms with Gasteiger partial charge in [0.1, 0.15) is 11.6 Å². The normalized spacial score (nSPS) is 10.5. The Kier molecular flexibility index (Phi) is 3.95. The average Bonchev–Trinajstić information content (AvgIpc) is 2.94. The molecule has 0 aliphatic heterocycles. The fraction of sp³-hybridized carbons (Fsp3) is 0.200. The van der Waals surface area contributed by atoms with Gasteiger partial charge in [0.05, 0.1) is 6.20 Å². The van der Waals surface area contributed by atoms with E-state index in [1.54, 1.807) is 23.3 Å². The number of hydrogen-bond donors (Lipinski definition) is 2. The Morgan fingerprint density at radius 1 is 1.18 bits per heavy atom. The third-order valence-corrected chi connectivity index (χ3v) is 3.22. The maximum Gasteiger partial charge on any atom is 0.230 e. The van der Waals surface area contributed by atoms with Gasteiger partial charge in [0.2, 0.25) is 5.95 Å². The van der Waals surface area contributed by atoms with E-state index in [1.807, 2.05) is 38.4 Å². The topological polar surface area (TPSA) is 80.5 Å². The van der Waals surface area contributed by atoms with Gasteiger partial charge in [-0.25, -0.2) is 4.98 Å². The molecule has 0 aliphatic rings. The largest absolute Gasteiger partial charge is 0.366 e. The first-order valence-electron chi connectivity index (χ1n) is 6.94. The zero-order valence-corrected chi connectivity index (χ0v) is 12.5. The predicted molar refractivity (Wildman–Crippen MR) is 84.8 cm³/mol. The molecule has 0 atom stereocenters. The SMILES string of the molecule is Cc1cnc(Nc2ccnn2C)nc1NCc1cccnc1. The molecule has 0 unspecified atom stereocenters. The lowest BCUT2D eigenvalue weighted by Gasteiger charge is -2.11. The third-order valence-electron chi connectivity index (χ3n) is 3.22. The van der Waals surface area contributed by atoms with Gasteiger partial charge in [-0.15, -0.1) is 0 Å². The number of anilines is 3. The molecule has 0 saturated heterocycles. The van der Waals surface area contributed by atoms with Gasteiger partial charge in [0.15, 0.2) is 0 Å². The van der Waals surface area contributed by atoms with Crippen molar-refractivity contribution in [3.05, 3.63) is 54.1 Å². The predicted octanol–water partition coefficient (Wildman–Crippen LogP) is 2.27. The van der Waals surface area contributed by atoms with Gasteiger partial charge < -0.3 is 10.6 Å². The fourth-order valence-corrected chi connectivity index (χ4v) is 1.98. The molecule has 0 aliphatic carbocycles. The number of nitrogens with one attached hydrogen (secondary N) is 2. The molecule has 3 rings (SSSR count). The summed E-state index contributed by atoms with van der Waals surface area (Å²) in [5, 5.41) is 10.6. The summed E-state index contributed by atoms with van der Waals surface area (Å²) in [5.41, 5.74) is 2.08. The number of rotatable bonds is 5. The van der Waals surface area contributed by atoms with E-state index < -0.39 is 0 Å². The number of aryl methyl sites for hydroxylation is 2. The summed E-state index contributed by atoms with van der Waals surface area (Å²) in [5.74, 6) is 2.16. The lowest BCUT2D eigenvalue weighted by molar-refractivity contribution is 0.775. The Morgan fingerprint density at radius 3 is 2.82 bits per heavy atom. The summed E-state index contributed by atoms with van der Waals surface area (Å²) in [7, 11) is 1.86. The van der Waals surface area contributed by atoms with Crippen molar-refractivity contribution in [2.75, 3.05) is 10.6 Å². The second-order valence-electron chi connectivity index (χ2n) is 4.91. The van der Waals surface area contributed by atoms with Gasteiger partial charge in [0.25, 0.3) is 0 Å². The number of hydrogen-bond acceptors (Lipinski definition) is 6. The van der Waals surface area contributed by atoms with Crippen LogP contribution in [0.25, 0.3) is 0 Å². The lowest BCUT2D eigenvalue weighted by atomic mass is 10.3.